The maximum atomic E-state index is 8.44. The van der Waals surface area contributed by atoms with E-state index in [1.165, 1.54) is 0 Å². The SMILES string of the molecule is CCO[Si](C)(C)OCCO. The molecule has 0 atom stereocenters. The summed E-state index contributed by atoms with van der Waals surface area (Å²) in [4.78, 5) is 0. The molecule has 0 rings (SSSR count). The minimum atomic E-state index is -1.88. The summed E-state index contributed by atoms with van der Waals surface area (Å²) in [5.41, 5.74) is 0. The first-order valence-electron chi connectivity index (χ1n) is 3.51. The van der Waals surface area contributed by atoms with Crippen LogP contribution in [0.4, 0.5) is 0 Å². The molecule has 4 heteroatoms. The number of aliphatic hydroxyl groups excluding tert-OH is 1. The predicted octanol–water partition coefficient (Wildman–Crippen LogP) is 0.734. The van der Waals surface area contributed by atoms with Crippen LogP contribution in [0.3, 0.4) is 0 Å². The third kappa shape index (κ3) is 4.93. The Morgan fingerprint density at radius 2 is 1.90 bits per heavy atom. The summed E-state index contributed by atoms with van der Waals surface area (Å²) in [7, 11) is -1.88. The molecule has 10 heavy (non-hydrogen) atoms. The van der Waals surface area contributed by atoms with E-state index >= 15 is 0 Å². The Labute approximate surface area is 63.2 Å². The molecule has 0 fully saturated rings. The third-order valence-corrected chi connectivity index (χ3v) is 2.92. The summed E-state index contributed by atoms with van der Waals surface area (Å²) in [5.74, 6) is 0. The number of aliphatic hydroxyl groups is 1. The molecule has 0 saturated heterocycles. The molecule has 62 valence electrons. The van der Waals surface area contributed by atoms with E-state index in [1.807, 2.05) is 20.0 Å². The van der Waals surface area contributed by atoms with Crippen molar-refractivity contribution < 1.29 is 14.0 Å². The highest BCUT2D eigenvalue weighted by Crippen LogP contribution is 2.04. The van der Waals surface area contributed by atoms with Gasteiger partial charge in [0.1, 0.15) is 0 Å². The molecule has 0 aromatic carbocycles. The summed E-state index contributed by atoms with van der Waals surface area (Å²) in [6.07, 6.45) is 0. The standard InChI is InChI=1S/C6H16O3Si/c1-4-8-10(2,3)9-6-5-7/h7H,4-6H2,1-3H3. The van der Waals surface area contributed by atoms with Crippen LogP contribution < -0.4 is 0 Å². The zero-order chi connectivity index (χ0) is 8.04. The molecule has 0 aromatic heterocycles. The first-order valence-corrected chi connectivity index (χ1v) is 6.33. The van der Waals surface area contributed by atoms with Gasteiger partial charge in [-0.3, -0.25) is 0 Å². The number of rotatable bonds is 5. The summed E-state index contributed by atoms with van der Waals surface area (Å²) in [5, 5.41) is 8.44. The van der Waals surface area contributed by atoms with Crippen molar-refractivity contribution in [2.45, 2.75) is 20.0 Å². The largest absolute Gasteiger partial charge is 0.395 e. The minimum Gasteiger partial charge on any atom is -0.395 e. The minimum absolute atomic E-state index is 0.0729. The number of hydrogen-bond acceptors (Lipinski definition) is 3. The Morgan fingerprint density at radius 3 is 2.30 bits per heavy atom. The first-order chi connectivity index (χ1) is 4.62. The lowest BCUT2D eigenvalue weighted by Gasteiger charge is -2.20. The van der Waals surface area contributed by atoms with Gasteiger partial charge in [0.2, 0.25) is 0 Å². The van der Waals surface area contributed by atoms with Crippen LogP contribution in [0.25, 0.3) is 0 Å². The smallest absolute Gasteiger partial charge is 0.331 e. The Balaban J connectivity index is 3.42. The molecule has 0 amide bonds. The molecule has 0 spiro atoms. The van der Waals surface area contributed by atoms with E-state index in [0.29, 0.717) is 13.2 Å². The van der Waals surface area contributed by atoms with Crippen LogP contribution in [-0.2, 0) is 8.85 Å². The van der Waals surface area contributed by atoms with Crippen molar-refractivity contribution in [1.29, 1.82) is 0 Å². The van der Waals surface area contributed by atoms with E-state index in [4.69, 9.17) is 14.0 Å². The molecule has 0 aliphatic carbocycles. The molecule has 0 radical (unpaired) electrons. The van der Waals surface area contributed by atoms with E-state index < -0.39 is 8.56 Å². The fourth-order valence-corrected chi connectivity index (χ4v) is 2.04. The van der Waals surface area contributed by atoms with Gasteiger partial charge in [-0.15, -0.1) is 0 Å². The zero-order valence-electron chi connectivity index (χ0n) is 6.89. The predicted molar refractivity (Wildman–Crippen MR) is 42.1 cm³/mol. The van der Waals surface area contributed by atoms with Crippen LogP contribution in [0.2, 0.25) is 13.1 Å². The maximum Gasteiger partial charge on any atom is 0.331 e. The van der Waals surface area contributed by atoms with Crippen molar-refractivity contribution in [2.75, 3.05) is 19.8 Å². The zero-order valence-corrected chi connectivity index (χ0v) is 7.89. The molecule has 0 aliphatic rings. The maximum absolute atomic E-state index is 8.44. The average Bonchev–Trinajstić information content (AvgIpc) is 1.84. The van der Waals surface area contributed by atoms with Gasteiger partial charge in [0.15, 0.2) is 0 Å². The normalized spacial score (nSPS) is 12.0. The van der Waals surface area contributed by atoms with E-state index in [1.54, 1.807) is 0 Å². The summed E-state index contributed by atoms with van der Waals surface area (Å²) in [6.45, 7) is 7.02. The Kier molecular flexibility index (Phi) is 4.89. The van der Waals surface area contributed by atoms with Crippen LogP contribution in [0, 0.1) is 0 Å². The van der Waals surface area contributed by atoms with Crippen LogP contribution in [0.1, 0.15) is 6.92 Å². The second kappa shape index (κ2) is 4.84. The van der Waals surface area contributed by atoms with Crippen molar-refractivity contribution in [3.8, 4) is 0 Å². The second-order valence-corrected chi connectivity index (χ2v) is 5.78. The van der Waals surface area contributed by atoms with E-state index in [9.17, 15) is 0 Å². The molecular formula is C6H16O3Si. The van der Waals surface area contributed by atoms with Gasteiger partial charge in [-0.2, -0.15) is 0 Å². The van der Waals surface area contributed by atoms with Gasteiger partial charge in [-0.05, 0) is 20.0 Å². The Hall–Kier alpha value is 0.0969. The molecule has 0 saturated carbocycles. The van der Waals surface area contributed by atoms with Gasteiger partial charge in [0, 0.05) is 6.61 Å². The molecular weight excluding hydrogens is 148 g/mol. The lowest BCUT2D eigenvalue weighted by Crippen LogP contribution is -2.35. The Bertz CT molecular complexity index is 85.1. The van der Waals surface area contributed by atoms with Crippen LogP contribution >= 0.6 is 0 Å². The van der Waals surface area contributed by atoms with Gasteiger partial charge in [-0.1, -0.05) is 0 Å². The topological polar surface area (TPSA) is 38.7 Å². The van der Waals surface area contributed by atoms with E-state index in [-0.39, 0.29) is 6.61 Å². The quantitative estimate of drug-likeness (QED) is 0.609. The van der Waals surface area contributed by atoms with Gasteiger partial charge >= 0.3 is 8.56 Å². The van der Waals surface area contributed by atoms with Crippen LogP contribution in [-0.4, -0.2) is 33.5 Å². The van der Waals surface area contributed by atoms with Crippen molar-refractivity contribution in [1.82, 2.24) is 0 Å². The molecule has 0 unspecified atom stereocenters. The molecule has 0 aliphatic heterocycles. The van der Waals surface area contributed by atoms with Crippen molar-refractivity contribution in [3.63, 3.8) is 0 Å². The van der Waals surface area contributed by atoms with E-state index in [2.05, 4.69) is 0 Å². The van der Waals surface area contributed by atoms with Crippen LogP contribution in [0.15, 0.2) is 0 Å². The van der Waals surface area contributed by atoms with E-state index in [0.717, 1.165) is 0 Å². The van der Waals surface area contributed by atoms with Crippen molar-refractivity contribution in [3.05, 3.63) is 0 Å². The van der Waals surface area contributed by atoms with Gasteiger partial charge < -0.3 is 14.0 Å². The molecule has 3 nitrogen and oxygen atoms in total. The van der Waals surface area contributed by atoms with Gasteiger partial charge in [0.25, 0.3) is 0 Å². The fourth-order valence-electron chi connectivity index (χ4n) is 0.681. The highest BCUT2D eigenvalue weighted by atomic mass is 28.4. The average molecular weight is 164 g/mol. The fraction of sp³-hybridized carbons (Fsp3) is 1.00. The van der Waals surface area contributed by atoms with Crippen molar-refractivity contribution >= 4 is 8.56 Å². The lowest BCUT2D eigenvalue weighted by atomic mass is 10.8. The molecule has 1 N–H and O–H groups in total. The highest BCUT2D eigenvalue weighted by Gasteiger charge is 2.22. The monoisotopic (exact) mass is 164 g/mol. The third-order valence-electron chi connectivity index (χ3n) is 1.03. The summed E-state index contributed by atoms with van der Waals surface area (Å²) in [6, 6.07) is 0. The Morgan fingerprint density at radius 1 is 1.30 bits per heavy atom. The van der Waals surface area contributed by atoms with Crippen molar-refractivity contribution in [2.24, 2.45) is 0 Å². The first kappa shape index (κ1) is 10.1. The van der Waals surface area contributed by atoms with Crippen LogP contribution in [0.5, 0.6) is 0 Å². The number of hydrogen-bond donors (Lipinski definition) is 1. The molecule has 0 bridgehead atoms. The summed E-state index contributed by atoms with van der Waals surface area (Å²) >= 11 is 0. The highest BCUT2D eigenvalue weighted by molar-refractivity contribution is 6.64. The van der Waals surface area contributed by atoms with Gasteiger partial charge in [0.05, 0.1) is 13.2 Å². The summed E-state index contributed by atoms with van der Waals surface area (Å²) < 4.78 is 10.6. The lowest BCUT2D eigenvalue weighted by molar-refractivity contribution is 0.145. The molecule has 0 heterocycles. The molecule has 0 aromatic rings. The van der Waals surface area contributed by atoms with Gasteiger partial charge in [-0.25, -0.2) is 0 Å². The second-order valence-electron chi connectivity index (χ2n) is 2.40.